The van der Waals surface area contributed by atoms with Gasteiger partial charge in [-0.05, 0) is 0 Å². The van der Waals surface area contributed by atoms with Gasteiger partial charge in [-0.2, -0.15) is 5.10 Å². The molecule has 0 aromatic carbocycles. The van der Waals surface area contributed by atoms with E-state index in [1.807, 2.05) is 20.8 Å². The molecule has 0 spiro atoms. The Hall–Kier alpha value is -1.92. The van der Waals surface area contributed by atoms with E-state index in [9.17, 15) is 14.9 Å². The van der Waals surface area contributed by atoms with Gasteiger partial charge in [0.15, 0.2) is 0 Å². The normalized spacial score (nSPS) is 11.2. The van der Waals surface area contributed by atoms with Gasteiger partial charge in [-0.3, -0.25) is 15.2 Å². The summed E-state index contributed by atoms with van der Waals surface area (Å²) in [6, 6.07) is 0. The molecule has 0 atom stereocenters. The molecule has 0 aliphatic carbocycles. The van der Waals surface area contributed by atoms with Crippen molar-refractivity contribution in [3.63, 3.8) is 0 Å². The predicted octanol–water partition coefficient (Wildman–Crippen LogP) is 1.31. The first kappa shape index (κ1) is 13.1. The van der Waals surface area contributed by atoms with E-state index >= 15 is 0 Å². The van der Waals surface area contributed by atoms with Gasteiger partial charge in [0.1, 0.15) is 4.92 Å². The molecule has 2 N–H and O–H groups in total. The van der Waals surface area contributed by atoms with E-state index in [2.05, 4.69) is 15.5 Å². The number of carbonyl (C=O) groups excluding carboxylic acids is 1. The van der Waals surface area contributed by atoms with E-state index in [0.717, 1.165) is 11.4 Å². The molecule has 7 heteroatoms. The van der Waals surface area contributed by atoms with Gasteiger partial charge < -0.3 is 5.32 Å². The van der Waals surface area contributed by atoms with Crippen LogP contribution in [0.2, 0.25) is 0 Å². The third-order valence-corrected chi connectivity index (χ3v) is 2.25. The number of aromatic amines is 1. The van der Waals surface area contributed by atoms with Crippen molar-refractivity contribution in [1.82, 2.24) is 10.2 Å². The molecule has 0 bridgehead atoms. The number of H-pyrrole nitrogens is 1. The van der Waals surface area contributed by atoms with Crippen molar-refractivity contribution in [3.05, 3.63) is 22.0 Å². The number of nitro groups is 1. The minimum Gasteiger partial charge on any atom is -0.382 e. The Morgan fingerprint density at radius 3 is 2.76 bits per heavy atom. The average Bonchev–Trinajstić information content (AvgIpc) is 2.65. The summed E-state index contributed by atoms with van der Waals surface area (Å²) in [6.45, 7) is 6.29. The fourth-order valence-corrected chi connectivity index (χ4v) is 1.39. The third kappa shape index (κ3) is 3.54. The number of amides is 1. The number of hydrogen-bond donors (Lipinski definition) is 2. The number of carbonyl (C=O) groups is 1. The largest absolute Gasteiger partial charge is 0.446 e. The molecule has 17 heavy (non-hydrogen) atoms. The van der Waals surface area contributed by atoms with Crippen LogP contribution >= 0.6 is 0 Å². The Bertz CT molecular complexity index is 419. The van der Waals surface area contributed by atoms with Crippen molar-refractivity contribution in [2.75, 3.05) is 11.9 Å². The minimum absolute atomic E-state index is 0.105. The predicted molar refractivity (Wildman–Crippen MR) is 62.4 cm³/mol. The molecule has 1 aromatic heterocycles. The summed E-state index contributed by atoms with van der Waals surface area (Å²) in [5.41, 5.74) is 1.58. The molecule has 0 saturated carbocycles. The second-order valence-electron chi connectivity index (χ2n) is 4.74. The fraction of sp³-hybridized carbons (Fsp3) is 0.600. The van der Waals surface area contributed by atoms with Crippen molar-refractivity contribution in [2.24, 2.45) is 0 Å². The van der Waals surface area contributed by atoms with E-state index in [0.29, 0.717) is 0 Å². The zero-order chi connectivity index (χ0) is 13.1. The van der Waals surface area contributed by atoms with Crippen molar-refractivity contribution in [1.29, 1.82) is 0 Å². The molecule has 1 aromatic rings. The average molecular weight is 240 g/mol. The number of nitrogens with one attached hydrogen (secondary N) is 2. The van der Waals surface area contributed by atoms with Crippen LogP contribution in [0.5, 0.6) is 0 Å². The van der Waals surface area contributed by atoms with Gasteiger partial charge in [0, 0.05) is 12.0 Å². The van der Waals surface area contributed by atoms with Crippen LogP contribution in [0, 0.1) is 10.1 Å². The van der Waals surface area contributed by atoms with Crippen molar-refractivity contribution < 1.29 is 9.72 Å². The summed E-state index contributed by atoms with van der Waals surface area (Å²) in [6.07, 6.45) is 1.47. The van der Waals surface area contributed by atoms with E-state index < -0.39 is 10.8 Å². The molecule has 0 aliphatic rings. The highest BCUT2D eigenvalue weighted by Crippen LogP contribution is 2.26. The Kier molecular flexibility index (Phi) is 3.82. The SMILES string of the molecule is CC(C)(C)c1[nH]ncc1NCCC(=O)[N+](=O)[O-]. The number of hydrogen-bond acceptors (Lipinski definition) is 5. The molecule has 94 valence electrons. The summed E-state index contributed by atoms with van der Waals surface area (Å²) in [4.78, 5) is 20.0. The van der Waals surface area contributed by atoms with Crippen LogP contribution in [0.4, 0.5) is 5.69 Å². The molecule has 1 heterocycles. The van der Waals surface area contributed by atoms with Crippen LogP contribution in [0.3, 0.4) is 0 Å². The smallest absolute Gasteiger partial charge is 0.382 e. The van der Waals surface area contributed by atoms with Gasteiger partial charge in [0.2, 0.25) is 0 Å². The second kappa shape index (κ2) is 4.94. The lowest BCUT2D eigenvalue weighted by atomic mass is 9.91. The molecular formula is C10H16N4O3. The first-order valence-electron chi connectivity index (χ1n) is 5.27. The molecule has 0 radical (unpaired) electrons. The van der Waals surface area contributed by atoms with Crippen molar-refractivity contribution >= 4 is 11.6 Å². The summed E-state index contributed by atoms with van der Waals surface area (Å²) in [5.74, 6) is -0.988. The number of rotatable bonds is 4. The lowest BCUT2D eigenvalue weighted by Crippen LogP contribution is -2.18. The van der Waals surface area contributed by atoms with Crippen molar-refractivity contribution in [2.45, 2.75) is 32.6 Å². The van der Waals surface area contributed by atoms with Gasteiger partial charge in [-0.1, -0.05) is 20.8 Å². The summed E-state index contributed by atoms with van der Waals surface area (Å²) in [5, 5.41) is 19.9. The Morgan fingerprint density at radius 2 is 2.24 bits per heavy atom. The molecule has 0 fully saturated rings. The van der Waals surface area contributed by atoms with Gasteiger partial charge >= 0.3 is 5.91 Å². The van der Waals surface area contributed by atoms with Crippen LogP contribution in [0.15, 0.2) is 6.20 Å². The summed E-state index contributed by atoms with van der Waals surface area (Å²) >= 11 is 0. The molecular weight excluding hydrogens is 224 g/mol. The number of aromatic nitrogens is 2. The Balaban J connectivity index is 2.56. The summed E-state index contributed by atoms with van der Waals surface area (Å²) in [7, 11) is 0. The highest BCUT2D eigenvalue weighted by atomic mass is 16.6. The standard InChI is InChI=1S/C10H16N4O3/c1-10(2,3)9-7(6-12-13-9)11-5-4-8(15)14(16)17/h6,11H,4-5H2,1-3H3,(H,12,13). The van der Waals surface area contributed by atoms with Crippen LogP contribution in [0.1, 0.15) is 32.9 Å². The lowest BCUT2D eigenvalue weighted by Gasteiger charge is -2.18. The zero-order valence-corrected chi connectivity index (χ0v) is 10.1. The Labute approximate surface area is 98.7 Å². The quantitative estimate of drug-likeness (QED) is 0.610. The van der Waals surface area contributed by atoms with E-state index in [4.69, 9.17) is 0 Å². The molecule has 0 aliphatic heterocycles. The number of nitrogens with zero attached hydrogens (tertiary/aromatic N) is 2. The minimum atomic E-state index is -0.988. The molecule has 1 rings (SSSR count). The van der Waals surface area contributed by atoms with Crippen LogP contribution < -0.4 is 5.32 Å². The van der Waals surface area contributed by atoms with Gasteiger partial charge in [0.25, 0.3) is 0 Å². The van der Waals surface area contributed by atoms with Crippen LogP contribution in [-0.4, -0.2) is 27.6 Å². The van der Waals surface area contributed by atoms with Gasteiger partial charge in [0.05, 0.1) is 24.0 Å². The van der Waals surface area contributed by atoms with E-state index in [1.54, 1.807) is 6.20 Å². The molecule has 0 saturated heterocycles. The first-order valence-corrected chi connectivity index (χ1v) is 5.27. The maximum atomic E-state index is 10.8. The topological polar surface area (TPSA) is 101 Å². The van der Waals surface area contributed by atoms with E-state index in [-0.39, 0.29) is 18.4 Å². The Morgan fingerprint density at radius 1 is 1.59 bits per heavy atom. The lowest BCUT2D eigenvalue weighted by molar-refractivity contribution is -0.402. The number of anilines is 1. The van der Waals surface area contributed by atoms with Gasteiger partial charge in [-0.15, -0.1) is 0 Å². The van der Waals surface area contributed by atoms with Crippen LogP contribution in [-0.2, 0) is 10.2 Å². The molecule has 1 amide bonds. The highest BCUT2D eigenvalue weighted by Gasteiger charge is 2.20. The highest BCUT2D eigenvalue weighted by molar-refractivity contribution is 5.68. The third-order valence-electron chi connectivity index (χ3n) is 2.25. The maximum absolute atomic E-state index is 10.8. The zero-order valence-electron chi connectivity index (χ0n) is 10.1. The van der Waals surface area contributed by atoms with E-state index in [1.165, 1.54) is 0 Å². The monoisotopic (exact) mass is 240 g/mol. The van der Waals surface area contributed by atoms with Gasteiger partial charge in [-0.25, -0.2) is 4.79 Å². The fourth-order valence-electron chi connectivity index (χ4n) is 1.39. The first-order chi connectivity index (χ1) is 7.82. The van der Waals surface area contributed by atoms with Crippen LogP contribution in [0.25, 0.3) is 0 Å². The molecule has 7 nitrogen and oxygen atoms in total. The summed E-state index contributed by atoms with van der Waals surface area (Å²) < 4.78 is 0. The molecule has 0 unspecified atom stereocenters. The van der Waals surface area contributed by atoms with Crippen molar-refractivity contribution in [3.8, 4) is 0 Å². The maximum Gasteiger partial charge on any atom is 0.446 e. The second-order valence-corrected chi connectivity index (χ2v) is 4.74.